The van der Waals surface area contributed by atoms with E-state index in [9.17, 15) is 15.0 Å². The predicted octanol–water partition coefficient (Wildman–Crippen LogP) is 4.37. The van der Waals surface area contributed by atoms with E-state index in [0.29, 0.717) is 18.4 Å². The van der Waals surface area contributed by atoms with Crippen LogP contribution < -0.4 is 6.15 Å². The van der Waals surface area contributed by atoms with Gasteiger partial charge < -0.3 is 16.4 Å². The number of aliphatic carboxylic acids is 1. The molecule has 0 saturated carbocycles. The highest BCUT2D eigenvalue weighted by Crippen LogP contribution is 2.41. The average molecular weight is 321 g/mol. The Morgan fingerprint density at radius 3 is 1.96 bits per heavy atom. The van der Waals surface area contributed by atoms with E-state index < -0.39 is 5.97 Å². The Kier molecular flexibility index (Phi) is 9.46. The number of carboxylic acid groups (broad SMARTS) is 1. The summed E-state index contributed by atoms with van der Waals surface area (Å²) in [5.41, 5.74) is 2.14. The highest BCUT2D eigenvalue weighted by molar-refractivity contribution is 5.89. The third kappa shape index (κ3) is 5.19. The van der Waals surface area contributed by atoms with Crippen molar-refractivity contribution in [2.45, 2.75) is 52.9 Å². The topological polar surface area (TPSA) is 92.5 Å². The van der Waals surface area contributed by atoms with Crippen molar-refractivity contribution < 1.29 is 15.0 Å². The summed E-state index contributed by atoms with van der Waals surface area (Å²) < 4.78 is 0. The molecule has 1 aromatic rings. The Balaban J connectivity index is 0.00000484. The van der Waals surface area contributed by atoms with Crippen LogP contribution in [0.2, 0.25) is 0 Å². The Bertz CT molecular complexity index is 496. The van der Waals surface area contributed by atoms with E-state index in [4.69, 9.17) is 0 Å². The number of rotatable bonds is 9. The van der Waals surface area contributed by atoms with E-state index >= 15 is 0 Å². The Hall–Kier alpha value is -1.65. The van der Waals surface area contributed by atoms with Crippen LogP contribution in [0.25, 0.3) is 0 Å². The molecule has 0 aliphatic rings. The van der Waals surface area contributed by atoms with Crippen LogP contribution in [0.1, 0.15) is 52.0 Å². The normalized spacial score (nSPS) is 12.3. The molecule has 5 N–H and O–H groups in total. The largest absolute Gasteiger partial charge is 0.478 e. The van der Waals surface area contributed by atoms with Gasteiger partial charge in [-0.15, -0.1) is 0 Å². The molecule has 4 heteroatoms. The van der Waals surface area contributed by atoms with Crippen molar-refractivity contribution >= 4 is 5.97 Å². The molecule has 1 rings (SSSR count). The molecule has 0 aromatic heterocycles. The van der Waals surface area contributed by atoms with Crippen LogP contribution in [0.4, 0.5) is 0 Å². The van der Waals surface area contributed by atoms with Crippen LogP contribution in [0.3, 0.4) is 0 Å². The molecule has 0 radical (unpaired) electrons. The molecular weight excluding hydrogens is 290 g/mol. The third-order valence-corrected chi connectivity index (χ3v) is 4.80. The lowest BCUT2D eigenvalue weighted by Gasteiger charge is -2.33. The molecule has 0 aliphatic carbocycles. The summed E-state index contributed by atoms with van der Waals surface area (Å²) in [6.07, 6.45) is 3.39. The number of hydrogen-bond donors (Lipinski definition) is 3. The summed E-state index contributed by atoms with van der Waals surface area (Å²) in [4.78, 5) is 12.0. The van der Waals surface area contributed by atoms with Gasteiger partial charge in [0.1, 0.15) is 0 Å². The first-order valence-electron chi connectivity index (χ1n) is 8.15. The summed E-state index contributed by atoms with van der Waals surface area (Å²) >= 11 is 0. The zero-order valence-electron chi connectivity index (χ0n) is 14.6. The Labute approximate surface area is 139 Å². The minimum Gasteiger partial charge on any atom is -0.478 e. The number of aliphatic hydroxyl groups is 1. The fourth-order valence-electron chi connectivity index (χ4n) is 3.31. The van der Waals surface area contributed by atoms with Crippen molar-refractivity contribution in [1.29, 1.82) is 0 Å². The first-order valence-corrected chi connectivity index (χ1v) is 8.15. The zero-order valence-corrected chi connectivity index (χ0v) is 14.6. The lowest BCUT2D eigenvalue weighted by Crippen LogP contribution is -2.28. The molecule has 0 heterocycles. The second kappa shape index (κ2) is 10.2. The van der Waals surface area contributed by atoms with Gasteiger partial charge in [0.05, 0.1) is 0 Å². The lowest BCUT2D eigenvalue weighted by molar-refractivity contribution is -0.134. The molecule has 4 nitrogen and oxygen atoms in total. The minimum absolute atomic E-state index is 0. The molecule has 0 bridgehead atoms. The first kappa shape index (κ1) is 21.4. The zero-order chi connectivity index (χ0) is 16.6. The van der Waals surface area contributed by atoms with Crippen molar-refractivity contribution in [3.05, 3.63) is 47.0 Å². The van der Waals surface area contributed by atoms with E-state index in [2.05, 4.69) is 20.8 Å². The SMILES string of the molecule is CCC(CC)(CC)C(C(=O)O)=C(CCO)Cc1ccccc1.N. The lowest BCUT2D eigenvalue weighted by atomic mass is 9.70. The summed E-state index contributed by atoms with van der Waals surface area (Å²) in [6, 6.07) is 9.87. The van der Waals surface area contributed by atoms with Crippen LogP contribution in [0.15, 0.2) is 41.5 Å². The fourth-order valence-corrected chi connectivity index (χ4v) is 3.31. The minimum atomic E-state index is -0.843. The van der Waals surface area contributed by atoms with Gasteiger partial charge in [-0.25, -0.2) is 4.79 Å². The van der Waals surface area contributed by atoms with E-state index in [1.807, 2.05) is 30.3 Å². The number of carboxylic acids is 1. The van der Waals surface area contributed by atoms with E-state index in [0.717, 1.165) is 30.4 Å². The second-order valence-electron chi connectivity index (χ2n) is 5.76. The van der Waals surface area contributed by atoms with Gasteiger partial charge in [0.25, 0.3) is 0 Å². The summed E-state index contributed by atoms with van der Waals surface area (Å²) in [5.74, 6) is -0.843. The third-order valence-electron chi connectivity index (χ3n) is 4.80. The van der Waals surface area contributed by atoms with Crippen LogP contribution in [-0.4, -0.2) is 22.8 Å². The van der Waals surface area contributed by atoms with Crippen LogP contribution in [-0.2, 0) is 11.2 Å². The number of aliphatic hydroxyl groups excluding tert-OH is 1. The van der Waals surface area contributed by atoms with Crippen LogP contribution in [0.5, 0.6) is 0 Å². The fraction of sp³-hybridized carbons (Fsp3) is 0.526. The van der Waals surface area contributed by atoms with E-state index in [-0.39, 0.29) is 18.2 Å². The monoisotopic (exact) mass is 321 g/mol. The molecule has 0 unspecified atom stereocenters. The van der Waals surface area contributed by atoms with Gasteiger partial charge in [0.2, 0.25) is 0 Å². The smallest absolute Gasteiger partial charge is 0.332 e. The maximum absolute atomic E-state index is 12.0. The summed E-state index contributed by atoms with van der Waals surface area (Å²) in [6.45, 7) is 6.13. The summed E-state index contributed by atoms with van der Waals surface area (Å²) in [7, 11) is 0. The maximum Gasteiger partial charge on any atom is 0.332 e. The van der Waals surface area contributed by atoms with Gasteiger partial charge in [0, 0.05) is 17.6 Å². The van der Waals surface area contributed by atoms with Gasteiger partial charge in [0.15, 0.2) is 0 Å². The van der Waals surface area contributed by atoms with Crippen molar-refractivity contribution in [2.24, 2.45) is 5.41 Å². The van der Waals surface area contributed by atoms with Gasteiger partial charge in [-0.05, 0) is 37.7 Å². The second-order valence-corrected chi connectivity index (χ2v) is 5.76. The maximum atomic E-state index is 12.0. The van der Waals surface area contributed by atoms with E-state index in [1.54, 1.807) is 0 Å². The van der Waals surface area contributed by atoms with Gasteiger partial charge in [-0.3, -0.25) is 0 Å². The molecule has 130 valence electrons. The molecule has 0 fully saturated rings. The van der Waals surface area contributed by atoms with Crippen LogP contribution >= 0.6 is 0 Å². The van der Waals surface area contributed by atoms with Crippen molar-refractivity contribution in [3.63, 3.8) is 0 Å². The first-order chi connectivity index (χ1) is 10.5. The molecule has 23 heavy (non-hydrogen) atoms. The Morgan fingerprint density at radius 2 is 1.57 bits per heavy atom. The number of hydrogen-bond acceptors (Lipinski definition) is 3. The van der Waals surface area contributed by atoms with Crippen molar-refractivity contribution in [1.82, 2.24) is 6.15 Å². The van der Waals surface area contributed by atoms with Gasteiger partial charge >= 0.3 is 5.97 Å². The molecule has 0 amide bonds. The quantitative estimate of drug-likeness (QED) is 0.589. The predicted molar refractivity (Wildman–Crippen MR) is 94.8 cm³/mol. The summed E-state index contributed by atoms with van der Waals surface area (Å²) in [5, 5.41) is 19.2. The highest BCUT2D eigenvalue weighted by atomic mass is 16.4. The molecule has 0 atom stereocenters. The van der Waals surface area contributed by atoms with Crippen molar-refractivity contribution in [3.8, 4) is 0 Å². The number of benzene rings is 1. The number of carbonyl (C=O) groups is 1. The van der Waals surface area contributed by atoms with E-state index in [1.165, 1.54) is 0 Å². The molecule has 1 aromatic carbocycles. The molecular formula is C19H31NO3. The van der Waals surface area contributed by atoms with Gasteiger partial charge in [-0.1, -0.05) is 56.7 Å². The Morgan fingerprint density at radius 1 is 1.04 bits per heavy atom. The van der Waals surface area contributed by atoms with Crippen LogP contribution in [0, 0.1) is 5.41 Å². The van der Waals surface area contributed by atoms with Crippen molar-refractivity contribution in [2.75, 3.05) is 6.61 Å². The molecule has 0 spiro atoms. The average Bonchev–Trinajstić information content (AvgIpc) is 2.53. The standard InChI is InChI=1S/C19H28O3.H3N/c1-4-19(5-2,6-3)17(18(21)22)16(12-13-20)14-15-10-8-7-9-11-15;/h7-11,20H,4-6,12-14H2,1-3H3,(H,21,22);1H3. The molecule has 0 saturated heterocycles. The van der Waals surface area contributed by atoms with Gasteiger partial charge in [-0.2, -0.15) is 0 Å². The molecule has 0 aliphatic heterocycles. The highest BCUT2D eigenvalue weighted by Gasteiger charge is 2.35.